The van der Waals surface area contributed by atoms with E-state index in [0.29, 0.717) is 28.0 Å². The van der Waals surface area contributed by atoms with E-state index in [1.165, 1.54) is 11.6 Å². The normalized spacial score (nSPS) is 11.2. The first-order valence-corrected chi connectivity index (χ1v) is 9.81. The van der Waals surface area contributed by atoms with E-state index in [1.807, 2.05) is 55.5 Å². The van der Waals surface area contributed by atoms with Crippen LogP contribution >= 0.6 is 15.9 Å². The zero-order chi connectivity index (χ0) is 20.9. The lowest BCUT2D eigenvalue weighted by atomic mass is 9.97. The number of benzene rings is 2. The van der Waals surface area contributed by atoms with Crippen LogP contribution in [0.25, 0.3) is 33.4 Å². The van der Waals surface area contributed by atoms with Crippen molar-refractivity contribution < 1.29 is 0 Å². The number of anilines is 1. The quantitative estimate of drug-likeness (QED) is 0.505. The average molecular weight is 451 g/mol. The Hall–Kier alpha value is -3.19. The van der Waals surface area contributed by atoms with E-state index in [-0.39, 0.29) is 0 Å². The van der Waals surface area contributed by atoms with E-state index < -0.39 is 11.2 Å². The summed E-state index contributed by atoms with van der Waals surface area (Å²) < 4.78 is 3.38. The minimum atomic E-state index is -0.434. The molecule has 0 aliphatic rings. The molecule has 4 aromatic rings. The monoisotopic (exact) mass is 450 g/mol. The molecule has 7 heteroatoms. The van der Waals surface area contributed by atoms with Crippen LogP contribution in [0, 0.1) is 6.92 Å². The number of aryl methyl sites for hydroxylation is 2. The van der Waals surface area contributed by atoms with Crippen molar-refractivity contribution in [3.8, 4) is 22.4 Å². The summed E-state index contributed by atoms with van der Waals surface area (Å²) in [6.45, 7) is 2.00. The van der Waals surface area contributed by atoms with Crippen molar-refractivity contribution in [1.29, 1.82) is 0 Å². The second kappa shape index (κ2) is 7.00. The molecule has 4 rings (SSSR count). The van der Waals surface area contributed by atoms with Crippen LogP contribution in [0.4, 0.5) is 5.69 Å². The maximum Gasteiger partial charge on any atom is 0.332 e. The molecule has 0 saturated carbocycles. The van der Waals surface area contributed by atoms with Crippen LogP contribution in [0.15, 0.2) is 62.6 Å². The first kappa shape index (κ1) is 19.1. The number of aromatic nitrogens is 3. The number of hydrogen-bond acceptors (Lipinski definition) is 4. The maximum absolute atomic E-state index is 13.1. The highest BCUT2D eigenvalue weighted by Crippen LogP contribution is 2.37. The summed E-state index contributed by atoms with van der Waals surface area (Å²) in [6, 6.07) is 15.4. The third-order valence-electron chi connectivity index (χ3n) is 5.08. The molecule has 146 valence electrons. The Balaban J connectivity index is 2.22. The van der Waals surface area contributed by atoms with Gasteiger partial charge in [-0.05, 0) is 24.6 Å². The standard InChI is InChI=1S/C22H19BrN4O2/c1-12-4-6-14(7-5-12)19-18(24)16(13-8-10-15(23)11-9-13)17-20(25-19)26(2)22(29)27(3)21(17)28/h4-11H,24H2,1-3H3. The van der Waals surface area contributed by atoms with E-state index in [1.54, 1.807) is 7.05 Å². The van der Waals surface area contributed by atoms with E-state index in [4.69, 9.17) is 5.73 Å². The minimum Gasteiger partial charge on any atom is -0.396 e. The smallest absolute Gasteiger partial charge is 0.332 e. The number of fused-ring (bicyclic) bond motifs is 1. The highest BCUT2D eigenvalue weighted by Gasteiger charge is 2.21. The van der Waals surface area contributed by atoms with Crippen LogP contribution in [0.5, 0.6) is 0 Å². The summed E-state index contributed by atoms with van der Waals surface area (Å²) in [4.78, 5) is 30.2. The molecule has 29 heavy (non-hydrogen) atoms. The fourth-order valence-electron chi connectivity index (χ4n) is 3.45. The van der Waals surface area contributed by atoms with E-state index >= 15 is 0 Å². The van der Waals surface area contributed by atoms with Crippen molar-refractivity contribution in [1.82, 2.24) is 14.1 Å². The number of hydrogen-bond donors (Lipinski definition) is 1. The minimum absolute atomic E-state index is 0.306. The summed E-state index contributed by atoms with van der Waals surface area (Å²) in [5.41, 5.74) is 10.3. The molecule has 2 aromatic heterocycles. The third kappa shape index (κ3) is 3.07. The number of nitrogens with two attached hydrogens (primary N) is 1. The zero-order valence-electron chi connectivity index (χ0n) is 16.2. The summed E-state index contributed by atoms with van der Waals surface area (Å²) >= 11 is 3.44. The average Bonchev–Trinajstić information content (AvgIpc) is 2.72. The van der Waals surface area contributed by atoms with E-state index in [9.17, 15) is 9.59 Å². The molecule has 2 aromatic carbocycles. The summed E-state index contributed by atoms with van der Waals surface area (Å²) in [5, 5.41) is 0.324. The Morgan fingerprint density at radius 2 is 1.48 bits per heavy atom. The van der Waals surface area contributed by atoms with Crippen molar-refractivity contribution in [2.24, 2.45) is 14.1 Å². The lowest BCUT2D eigenvalue weighted by Crippen LogP contribution is -2.37. The van der Waals surface area contributed by atoms with Crippen LogP contribution in [0.2, 0.25) is 0 Å². The van der Waals surface area contributed by atoms with Gasteiger partial charge in [0.1, 0.15) is 0 Å². The number of nitrogen functional groups attached to an aromatic ring is 1. The predicted molar refractivity (Wildman–Crippen MR) is 120 cm³/mol. The van der Waals surface area contributed by atoms with Gasteiger partial charge in [0.05, 0.1) is 16.8 Å². The van der Waals surface area contributed by atoms with Gasteiger partial charge >= 0.3 is 5.69 Å². The van der Waals surface area contributed by atoms with Gasteiger partial charge in [-0.15, -0.1) is 0 Å². The summed E-state index contributed by atoms with van der Waals surface area (Å²) in [5.74, 6) is 0. The van der Waals surface area contributed by atoms with Gasteiger partial charge in [0.2, 0.25) is 0 Å². The molecule has 0 fully saturated rings. The van der Waals surface area contributed by atoms with Crippen molar-refractivity contribution >= 4 is 32.7 Å². The van der Waals surface area contributed by atoms with Gasteiger partial charge < -0.3 is 5.73 Å². The molecule has 0 aliphatic carbocycles. The summed E-state index contributed by atoms with van der Waals surface area (Å²) in [7, 11) is 3.07. The lowest BCUT2D eigenvalue weighted by molar-refractivity contribution is 0.708. The Labute approximate surface area is 175 Å². The van der Waals surface area contributed by atoms with Gasteiger partial charge in [-0.2, -0.15) is 0 Å². The molecule has 6 nitrogen and oxygen atoms in total. The Morgan fingerprint density at radius 1 is 0.897 bits per heavy atom. The molecule has 0 radical (unpaired) electrons. The second-order valence-corrected chi connectivity index (χ2v) is 7.94. The fourth-order valence-corrected chi connectivity index (χ4v) is 3.71. The molecule has 2 heterocycles. The van der Waals surface area contributed by atoms with Crippen molar-refractivity contribution in [3.05, 3.63) is 79.4 Å². The molecule has 0 bridgehead atoms. The topological polar surface area (TPSA) is 82.9 Å². The van der Waals surface area contributed by atoms with Gasteiger partial charge in [0.25, 0.3) is 5.56 Å². The van der Waals surface area contributed by atoms with Crippen molar-refractivity contribution in [2.75, 3.05) is 5.73 Å². The number of pyridine rings is 1. The molecule has 0 atom stereocenters. The Morgan fingerprint density at radius 3 is 2.10 bits per heavy atom. The van der Waals surface area contributed by atoms with E-state index in [2.05, 4.69) is 20.9 Å². The van der Waals surface area contributed by atoms with Crippen molar-refractivity contribution in [3.63, 3.8) is 0 Å². The van der Waals surface area contributed by atoms with Crippen LogP contribution in [-0.4, -0.2) is 14.1 Å². The molecule has 0 spiro atoms. The number of nitrogens with zero attached hydrogens (tertiary/aromatic N) is 3. The zero-order valence-corrected chi connectivity index (χ0v) is 17.8. The Bertz CT molecular complexity index is 1370. The molecular formula is C22H19BrN4O2. The molecular weight excluding hydrogens is 432 g/mol. The summed E-state index contributed by atoms with van der Waals surface area (Å²) in [6.07, 6.45) is 0. The fraction of sp³-hybridized carbons (Fsp3) is 0.136. The van der Waals surface area contributed by atoms with Gasteiger partial charge in [-0.1, -0.05) is 57.9 Å². The number of rotatable bonds is 2. The maximum atomic E-state index is 13.1. The lowest BCUT2D eigenvalue weighted by Gasteiger charge is -2.17. The number of halogens is 1. The molecule has 0 saturated heterocycles. The molecule has 0 amide bonds. The van der Waals surface area contributed by atoms with Crippen LogP contribution < -0.4 is 17.0 Å². The first-order chi connectivity index (χ1) is 13.8. The SMILES string of the molecule is Cc1ccc(-c2nc3c(c(-c4ccc(Br)cc4)c2N)c(=O)n(C)c(=O)n3C)cc1. The third-order valence-corrected chi connectivity index (χ3v) is 5.61. The molecule has 2 N–H and O–H groups in total. The van der Waals surface area contributed by atoms with Crippen LogP contribution in [-0.2, 0) is 14.1 Å². The van der Waals surface area contributed by atoms with Gasteiger partial charge in [-0.25, -0.2) is 9.78 Å². The van der Waals surface area contributed by atoms with Gasteiger partial charge in [-0.3, -0.25) is 13.9 Å². The highest BCUT2D eigenvalue weighted by atomic mass is 79.9. The van der Waals surface area contributed by atoms with Crippen LogP contribution in [0.1, 0.15) is 5.56 Å². The van der Waals surface area contributed by atoms with E-state index in [0.717, 1.165) is 25.7 Å². The van der Waals surface area contributed by atoms with Gasteiger partial charge in [0, 0.05) is 29.7 Å². The van der Waals surface area contributed by atoms with Crippen LogP contribution in [0.3, 0.4) is 0 Å². The molecule has 0 aliphatic heterocycles. The molecule has 0 unspecified atom stereocenters. The predicted octanol–water partition coefficient (Wildman–Crippen LogP) is 3.62. The second-order valence-electron chi connectivity index (χ2n) is 7.03. The van der Waals surface area contributed by atoms with Crippen molar-refractivity contribution in [2.45, 2.75) is 6.92 Å². The largest absolute Gasteiger partial charge is 0.396 e. The highest BCUT2D eigenvalue weighted by molar-refractivity contribution is 9.10. The Kier molecular flexibility index (Phi) is 4.62. The first-order valence-electron chi connectivity index (χ1n) is 9.01. The van der Waals surface area contributed by atoms with Gasteiger partial charge in [0.15, 0.2) is 5.65 Å².